The maximum absolute atomic E-state index is 13.7. The summed E-state index contributed by atoms with van der Waals surface area (Å²) in [5, 5.41) is 3.29. The van der Waals surface area contributed by atoms with Crippen molar-refractivity contribution in [1.82, 2.24) is 5.32 Å². The summed E-state index contributed by atoms with van der Waals surface area (Å²) in [7, 11) is 0. The van der Waals surface area contributed by atoms with Crippen molar-refractivity contribution in [3.63, 3.8) is 0 Å². The van der Waals surface area contributed by atoms with E-state index in [1.807, 2.05) is 0 Å². The molecule has 1 heterocycles. The highest BCUT2D eigenvalue weighted by atomic mass is 19.1. The Kier molecular flexibility index (Phi) is 2.88. The first kappa shape index (κ1) is 11.4. The fraction of sp³-hybridized carbons (Fsp3) is 0.286. The van der Waals surface area contributed by atoms with Crippen LogP contribution >= 0.6 is 0 Å². The molecule has 0 bridgehead atoms. The van der Waals surface area contributed by atoms with E-state index >= 15 is 0 Å². The summed E-state index contributed by atoms with van der Waals surface area (Å²) in [6, 6.07) is 5.65. The van der Waals surface area contributed by atoms with Crippen molar-refractivity contribution in [3.8, 4) is 11.1 Å². The van der Waals surface area contributed by atoms with Gasteiger partial charge in [0, 0.05) is 17.2 Å². The molecule has 0 saturated heterocycles. The summed E-state index contributed by atoms with van der Waals surface area (Å²) in [6.45, 7) is 0.545. The fourth-order valence-electron chi connectivity index (χ4n) is 1.95. The van der Waals surface area contributed by atoms with Crippen LogP contribution in [0, 0.1) is 11.6 Å². The molecule has 1 N–H and O–H groups in total. The molecule has 4 heteroatoms. The molecule has 0 atom stereocenters. The smallest absolute Gasteiger partial charge is 0.131 e. The van der Waals surface area contributed by atoms with Crippen LogP contribution in [0.15, 0.2) is 34.9 Å². The lowest BCUT2D eigenvalue weighted by atomic mass is 10.1. The number of hydrogen-bond acceptors (Lipinski definition) is 2. The molecule has 2 nitrogen and oxygen atoms in total. The van der Waals surface area contributed by atoms with Crippen molar-refractivity contribution in [2.45, 2.75) is 25.4 Å². The van der Waals surface area contributed by atoms with Gasteiger partial charge in [-0.05, 0) is 37.1 Å². The van der Waals surface area contributed by atoms with E-state index < -0.39 is 11.6 Å². The molecule has 0 aliphatic heterocycles. The first-order chi connectivity index (χ1) is 8.74. The summed E-state index contributed by atoms with van der Waals surface area (Å²) in [5.74, 6) is -0.245. The quantitative estimate of drug-likeness (QED) is 0.897. The third-order valence-corrected chi connectivity index (χ3v) is 3.09. The summed E-state index contributed by atoms with van der Waals surface area (Å²) in [6.07, 6.45) is 3.85. The lowest BCUT2D eigenvalue weighted by Crippen LogP contribution is -2.15. The van der Waals surface area contributed by atoms with Crippen molar-refractivity contribution < 1.29 is 13.2 Å². The SMILES string of the molecule is Fc1ccc(F)c(-c2ccoc2CNC2CC2)c1. The largest absolute Gasteiger partial charge is 0.467 e. The van der Waals surface area contributed by atoms with Gasteiger partial charge in [0.05, 0.1) is 12.8 Å². The van der Waals surface area contributed by atoms with Gasteiger partial charge >= 0.3 is 0 Å². The van der Waals surface area contributed by atoms with E-state index in [2.05, 4.69) is 5.32 Å². The van der Waals surface area contributed by atoms with Gasteiger partial charge in [-0.25, -0.2) is 8.78 Å². The van der Waals surface area contributed by atoms with E-state index in [1.54, 1.807) is 6.07 Å². The third-order valence-electron chi connectivity index (χ3n) is 3.09. The molecule has 0 spiro atoms. The van der Waals surface area contributed by atoms with Gasteiger partial charge in [0.15, 0.2) is 0 Å². The third kappa shape index (κ3) is 2.29. The first-order valence-corrected chi connectivity index (χ1v) is 5.99. The Bertz CT molecular complexity index is 561. The van der Waals surface area contributed by atoms with Crippen LogP contribution in [0.25, 0.3) is 11.1 Å². The van der Waals surface area contributed by atoms with Crippen molar-refractivity contribution >= 4 is 0 Å². The van der Waals surface area contributed by atoms with Crippen molar-refractivity contribution in [2.75, 3.05) is 0 Å². The lowest BCUT2D eigenvalue weighted by Gasteiger charge is -2.05. The molecular weight excluding hydrogens is 236 g/mol. The molecule has 18 heavy (non-hydrogen) atoms. The Morgan fingerprint density at radius 3 is 2.78 bits per heavy atom. The zero-order chi connectivity index (χ0) is 12.5. The zero-order valence-corrected chi connectivity index (χ0v) is 9.75. The second-order valence-electron chi connectivity index (χ2n) is 4.54. The topological polar surface area (TPSA) is 25.2 Å². The van der Waals surface area contributed by atoms with Crippen LogP contribution in [0.5, 0.6) is 0 Å². The number of furan rings is 1. The van der Waals surface area contributed by atoms with Crippen LogP contribution in [0.2, 0.25) is 0 Å². The molecule has 1 saturated carbocycles. The van der Waals surface area contributed by atoms with E-state index in [0.717, 1.165) is 12.1 Å². The molecule has 0 unspecified atom stereocenters. The molecule has 0 amide bonds. The van der Waals surface area contributed by atoms with E-state index in [0.29, 0.717) is 23.9 Å². The average Bonchev–Trinajstić information content (AvgIpc) is 3.08. The normalized spacial score (nSPS) is 15.0. The van der Waals surface area contributed by atoms with Crippen molar-refractivity contribution in [3.05, 3.63) is 47.9 Å². The van der Waals surface area contributed by atoms with Crippen LogP contribution in [-0.4, -0.2) is 6.04 Å². The van der Waals surface area contributed by atoms with Gasteiger partial charge in [0.1, 0.15) is 17.4 Å². The molecular formula is C14H13F2NO. The molecule has 1 aromatic heterocycles. The number of rotatable bonds is 4. The second kappa shape index (κ2) is 4.53. The molecule has 1 aromatic carbocycles. The van der Waals surface area contributed by atoms with Gasteiger partial charge in [-0.2, -0.15) is 0 Å². The maximum Gasteiger partial charge on any atom is 0.131 e. The van der Waals surface area contributed by atoms with Crippen molar-refractivity contribution in [1.29, 1.82) is 0 Å². The van der Waals surface area contributed by atoms with Gasteiger partial charge in [0.2, 0.25) is 0 Å². The summed E-state index contributed by atoms with van der Waals surface area (Å²) < 4.78 is 32.2. The number of benzene rings is 1. The highest BCUT2D eigenvalue weighted by Gasteiger charge is 2.22. The Morgan fingerprint density at radius 2 is 2.00 bits per heavy atom. The van der Waals surface area contributed by atoms with E-state index in [-0.39, 0.29) is 5.56 Å². The van der Waals surface area contributed by atoms with Crippen LogP contribution in [0.4, 0.5) is 8.78 Å². The maximum atomic E-state index is 13.7. The van der Waals surface area contributed by atoms with E-state index in [1.165, 1.54) is 25.2 Å². The number of hydrogen-bond donors (Lipinski definition) is 1. The van der Waals surface area contributed by atoms with Crippen LogP contribution < -0.4 is 5.32 Å². The molecule has 0 radical (unpaired) electrons. The predicted octanol–water partition coefficient (Wildman–Crippen LogP) is 3.48. The van der Waals surface area contributed by atoms with Gasteiger partial charge in [-0.3, -0.25) is 0 Å². The summed E-state index contributed by atoms with van der Waals surface area (Å²) in [5.41, 5.74) is 0.858. The minimum atomic E-state index is -0.450. The van der Waals surface area contributed by atoms with Crippen LogP contribution in [0.3, 0.4) is 0 Å². The summed E-state index contributed by atoms with van der Waals surface area (Å²) in [4.78, 5) is 0. The number of nitrogens with one attached hydrogen (secondary N) is 1. The molecule has 2 aromatic rings. The van der Waals surface area contributed by atoms with Crippen LogP contribution in [0.1, 0.15) is 18.6 Å². The minimum Gasteiger partial charge on any atom is -0.467 e. The lowest BCUT2D eigenvalue weighted by molar-refractivity contribution is 0.483. The standard InChI is InChI=1S/C14H13F2NO/c15-9-1-4-13(16)12(7-9)11-5-6-18-14(11)8-17-10-2-3-10/h1,4-7,10,17H,2-3,8H2. The van der Waals surface area contributed by atoms with Gasteiger partial charge in [0.25, 0.3) is 0 Å². The Morgan fingerprint density at radius 1 is 1.17 bits per heavy atom. The van der Waals surface area contributed by atoms with E-state index in [4.69, 9.17) is 4.42 Å². The van der Waals surface area contributed by atoms with E-state index in [9.17, 15) is 8.78 Å². The van der Waals surface area contributed by atoms with Gasteiger partial charge in [-0.15, -0.1) is 0 Å². The Labute approximate surface area is 104 Å². The predicted molar refractivity (Wildman–Crippen MR) is 63.9 cm³/mol. The second-order valence-corrected chi connectivity index (χ2v) is 4.54. The Balaban J connectivity index is 1.90. The molecule has 1 aliphatic rings. The molecule has 1 aliphatic carbocycles. The van der Waals surface area contributed by atoms with Crippen LogP contribution in [-0.2, 0) is 6.54 Å². The first-order valence-electron chi connectivity index (χ1n) is 5.99. The molecule has 3 rings (SSSR count). The van der Waals surface area contributed by atoms with Crippen molar-refractivity contribution in [2.24, 2.45) is 0 Å². The summed E-state index contributed by atoms with van der Waals surface area (Å²) >= 11 is 0. The average molecular weight is 249 g/mol. The Hall–Kier alpha value is -1.68. The monoisotopic (exact) mass is 249 g/mol. The zero-order valence-electron chi connectivity index (χ0n) is 9.75. The van der Waals surface area contributed by atoms with Gasteiger partial charge in [-0.1, -0.05) is 0 Å². The molecule has 1 fully saturated rings. The molecule has 94 valence electrons. The number of halogens is 2. The highest BCUT2D eigenvalue weighted by Crippen LogP contribution is 2.29. The minimum absolute atomic E-state index is 0.247. The highest BCUT2D eigenvalue weighted by molar-refractivity contribution is 5.66. The fourth-order valence-corrected chi connectivity index (χ4v) is 1.95. The van der Waals surface area contributed by atoms with Gasteiger partial charge < -0.3 is 9.73 Å².